The number of aromatic nitrogens is 3. The highest BCUT2D eigenvalue weighted by molar-refractivity contribution is 7.99. The summed E-state index contributed by atoms with van der Waals surface area (Å²) in [6.45, 7) is 1.74. The van der Waals surface area contributed by atoms with Crippen molar-refractivity contribution in [3.8, 4) is 11.1 Å². The standard InChI is InChI=1S/C20H14ClN3O2S/c1-11-9-16(25)24-20(22-11)27-18-17(12-5-3-2-4-6-12)14-8-7-13(21)10-15(14)23-19(18)26/h2-10H,1H3,(H,23,26)(H,22,24,25). The lowest BCUT2D eigenvalue weighted by Gasteiger charge is -2.12. The highest BCUT2D eigenvalue weighted by atomic mass is 35.5. The summed E-state index contributed by atoms with van der Waals surface area (Å²) >= 11 is 7.24. The van der Waals surface area contributed by atoms with Crippen LogP contribution in [0.25, 0.3) is 22.0 Å². The average Bonchev–Trinajstić information content (AvgIpc) is 2.62. The summed E-state index contributed by atoms with van der Waals surface area (Å²) in [4.78, 5) is 35.0. The van der Waals surface area contributed by atoms with Crippen molar-refractivity contribution in [2.75, 3.05) is 0 Å². The van der Waals surface area contributed by atoms with Gasteiger partial charge in [0, 0.05) is 27.7 Å². The van der Waals surface area contributed by atoms with Gasteiger partial charge in [0.05, 0.1) is 10.4 Å². The third kappa shape index (κ3) is 3.54. The van der Waals surface area contributed by atoms with Gasteiger partial charge in [0.25, 0.3) is 11.1 Å². The zero-order chi connectivity index (χ0) is 19.0. The molecule has 134 valence electrons. The molecule has 4 rings (SSSR count). The molecular formula is C20H14ClN3O2S. The molecule has 27 heavy (non-hydrogen) atoms. The van der Waals surface area contributed by atoms with Gasteiger partial charge in [0.15, 0.2) is 5.16 Å². The summed E-state index contributed by atoms with van der Waals surface area (Å²) in [5, 5.41) is 1.78. The van der Waals surface area contributed by atoms with E-state index in [1.165, 1.54) is 6.07 Å². The van der Waals surface area contributed by atoms with Crippen molar-refractivity contribution < 1.29 is 0 Å². The topological polar surface area (TPSA) is 78.6 Å². The Kier molecular flexibility index (Phi) is 4.59. The molecule has 2 heterocycles. The van der Waals surface area contributed by atoms with Crippen LogP contribution < -0.4 is 11.1 Å². The molecule has 0 saturated carbocycles. The molecule has 0 bridgehead atoms. The van der Waals surface area contributed by atoms with E-state index in [9.17, 15) is 9.59 Å². The summed E-state index contributed by atoms with van der Waals surface area (Å²) < 4.78 is 0. The fourth-order valence-electron chi connectivity index (χ4n) is 2.94. The van der Waals surface area contributed by atoms with Gasteiger partial charge < -0.3 is 9.97 Å². The Labute approximate surface area is 163 Å². The van der Waals surface area contributed by atoms with Crippen LogP contribution in [0.2, 0.25) is 5.02 Å². The average molecular weight is 396 g/mol. The van der Waals surface area contributed by atoms with E-state index in [0.717, 1.165) is 28.3 Å². The van der Waals surface area contributed by atoms with Gasteiger partial charge in [-0.2, -0.15) is 0 Å². The molecule has 0 radical (unpaired) electrons. The number of rotatable bonds is 3. The minimum absolute atomic E-state index is 0.254. The molecule has 0 atom stereocenters. The lowest BCUT2D eigenvalue weighted by Crippen LogP contribution is -2.13. The number of halogens is 1. The zero-order valence-corrected chi connectivity index (χ0v) is 15.8. The van der Waals surface area contributed by atoms with Crippen molar-refractivity contribution in [1.29, 1.82) is 0 Å². The monoisotopic (exact) mass is 395 g/mol. The Hall–Kier alpha value is -2.83. The lowest BCUT2D eigenvalue weighted by molar-refractivity contribution is 0.904. The number of fused-ring (bicyclic) bond motifs is 1. The zero-order valence-electron chi connectivity index (χ0n) is 14.2. The van der Waals surface area contributed by atoms with Crippen molar-refractivity contribution in [2.45, 2.75) is 17.0 Å². The molecule has 5 nitrogen and oxygen atoms in total. The van der Waals surface area contributed by atoms with Crippen LogP contribution in [0.4, 0.5) is 0 Å². The Morgan fingerprint density at radius 1 is 1.00 bits per heavy atom. The molecule has 4 aromatic rings. The number of H-pyrrole nitrogens is 2. The third-order valence-electron chi connectivity index (χ3n) is 4.04. The van der Waals surface area contributed by atoms with Crippen LogP contribution >= 0.6 is 23.4 Å². The second kappa shape index (κ2) is 7.06. The number of hydrogen-bond acceptors (Lipinski definition) is 4. The van der Waals surface area contributed by atoms with E-state index in [2.05, 4.69) is 15.0 Å². The molecule has 0 saturated heterocycles. The van der Waals surface area contributed by atoms with Gasteiger partial charge in [-0.1, -0.05) is 48.0 Å². The molecule has 0 spiro atoms. The first kappa shape index (κ1) is 17.6. The van der Waals surface area contributed by atoms with E-state index in [0.29, 0.717) is 26.3 Å². The number of nitrogens with zero attached hydrogens (tertiary/aromatic N) is 1. The van der Waals surface area contributed by atoms with Crippen molar-refractivity contribution in [3.05, 3.63) is 86.0 Å². The molecule has 7 heteroatoms. The first-order chi connectivity index (χ1) is 13.0. The number of aromatic amines is 2. The molecule has 0 aliphatic carbocycles. The maximum absolute atomic E-state index is 12.9. The molecule has 2 aromatic heterocycles. The van der Waals surface area contributed by atoms with E-state index in [-0.39, 0.29) is 11.1 Å². The summed E-state index contributed by atoms with van der Waals surface area (Å²) in [7, 11) is 0. The minimum atomic E-state index is -0.266. The predicted molar refractivity (Wildman–Crippen MR) is 109 cm³/mol. The van der Waals surface area contributed by atoms with Gasteiger partial charge >= 0.3 is 0 Å². The maximum atomic E-state index is 12.9. The first-order valence-corrected chi connectivity index (χ1v) is 9.37. The summed E-state index contributed by atoms with van der Waals surface area (Å²) in [5.74, 6) is 0. The predicted octanol–water partition coefficient (Wildman–Crippen LogP) is 4.39. The highest BCUT2D eigenvalue weighted by Crippen LogP contribution is 2.37. The number of pyridine rings is 1. The maximum Gasteiger partial charge on any atom is 0.263 e. The normalized spacial score (nSPS) is 11.0. The largest absolute Gasteiger partial charge is 0.321 e. The lowest BCUT2D eigenvalue weighted by atomic mass is 10.0. The number of hydrogen-bond donors (Lipinski definition) is 2. The van der Waals surface area contributed by atoms with Crippen LogP contribution in [0.5, 0.6) is 0 Å². The molecule has 2 N–H and O–H groups in total. The molecule has 0 aliphatic heterocycles. The van der Waals surface area contributed by atoms with E-state index in [1.807, 2.05) is 36.4 Å². The summed E-state index contributed by atoms with van der Waals surface area (Å²) in [6.07, 6.45) is 0. The summed E-state index contributed by atoms with van der Waals surface area (Å²) in [5.41, 5.74) is 2.40. The van der Waals surface area contributed by atoms with Gasteiger partial charge in [-0.25, -0.2) is 4.98 Å². The molecule has 0 fully saturated rings. The molecule has 0 unspecified atom stereocenters. The molecule has 0 amide bonds. The van der Waals surface area contributed by atoms with Crippen LogP contribution in [0.15, 0.2) is 74.2 Å². The van der Waals surface area contributed by atoms with Crippen molar-refractivity contribution in [1.82, 2.24) is 15.0 Å². The van der Waals surface area contributed by atoms with E-state index in [4.69, 9.17) is 11.6 Å². The first-order valence-electron chi connectivity index (χ1n) is 8.18. The van der Waals surface area contributed by atoms with Crippen molar-refractivity contribution in [3.63, 3.8) is 0 Å². The quantitative estimate of drug-likeness (QED) is 0.504. The van der Waals surface area contributed by atoms with Gasteiger partial charge in [-0.05, 0) is 36.4 Å². The fraction of sp³-hybridized carbons (Fsp3) is 0.0500. The summed E-state index contributed by atoms with van der Waals surface area (Å²) in [6, 6.07) is 16.4. The Morgan fingerprint density at radius 2 is 1.78 bits per heavy atom. The second-order valence-corrected chi connectivity index (χ2v) is 7.44. The minimum Gasteiger partial charge on any atom is -0.321 e. The van der Waals surface area contributed by atoms with E-state index < -0.39 is 0 Å². The van der Waals surface area contributed by atoms with Gasteiger partial charge in [-0.3, -0.25) is 9.59 Å². The number of nitrogens with one attached hydrogen (secondary N) is 2. The van der Waals surface area contributed by atoms with Crippen molar-refractivity contribution in [2.24, 2.45) is 0 Å². The SMILES string of the molecule is Cc1cc(=O)[nH]c(Sc2c(-c3ccccc3)c3ccc(Cl)cc3[nH]c2=O)n1. The Balaban J connectivity index is 2.01. The smallest absolute Gasteiger partial charge is 0.263 e. The Bertz CT molecular complexity index is 1270. The van der Waals surface area contributed by atoms with E-state index in [1.54, 1.807) is 19.1 Å². The van der Waals surface area contributed by atoms with Crippen LogP contribution in [0, 0.1) is 6.92 Å². The fourth-order valence-corrected chi connectivity index (χ4v) is 4.12. The molecular weight excluding hydrogens is 382 g/mol. The van der Waals surface area contributed by atoms with E-state index >= 15 is 0 Å². The van der Waals surface area contributed by atoms with Crippen LogP contribution in [0.1, 0.15) is 5.69 Å². The van der Waals surface area contributed by atoms with Crippen molar-refractivity contribution >= 4 is 34.3 Å². The second-order valence-electron chi connectivity index (χ2n) is 6.01. The molecule has 2 aromatic carbocycles. The third-order valence-corrected chi connectivity index (χ3v) is 5.26. The van der Waals surface area contributed by atoms with Crippen LogP contribution in [-0.2, 0) is 0 Å². The van der Waals surface area contributed by atoms with Crippen LogP contribution in [-0.4, -0.2) is 15.0 Å². The highest BCUT2D eigenvalue weighted by Gasteiger charge is 2.17. The van der Waals surface area contributed by atoms with Crippen LogP contribution in [0.3, 0.4) is 0 Å². The van der Waals surface area contributed by atoms with Gasteiger partial charge in [0.2, 0.25) is 0 Å². The molecule has 0 aliphatic rings. The van der Waals surface area contributed by atoms with Gasteiger partial charge in [0.1, 0.15) is 0 Å². The number of benzene rings is 2. The Morgan fingerprint density at radius 3 is 2.52 bits per heavy atom. The van der Waals surface area contributed by atoms with Gasteiger partial charge in [-0.15, -0.1) is 0 Å². The number of aryl methyl sites for hydroxylation is 1.